The number of nitrogens with zero attached hydrogens (tertiary/aromatic N) is 1. The van der Waals surface area contributed by atoms with Gasteiger partial charge in [0.05, 0.1) is 0 Å². The monoisotopic (exact) mass is 266 g/mol. The molecule has 2 heteroatoms. The maximum absolute atomic E-state index is 3.87. The Labute approximate surface area is 120 Å². The fourth-order valence-corrected chi connectivity index (χ4v) is 3.97. The van der Waals surface area contributed by atoms with Crippen molar-refractivity contribution < 1.29 is 0 Å². The van der Waals surface area contributed by atoms with Crippen LogP contribution in [0.3, 0.4) is 0 Å². The first-order valence-electron chi connectivity index (χ1n) is 8.56. The van der Waals surface area contributed by atoms with Crippen molar-refractivity contribution >= 4 is 0 Å². The first kappa shape index (κ1) is 15.3. The minimum atomic E-state index is 0.417. The second kappa shape index (κ2) is 6.13. The van der Waals surface area contributed by atoms with Crippen LogP contribution in [0.4, 0.5) is 0 Å². The van der Waals surface area contributed by atoms with Gasteiger partial charge in [-0.2, -0.15) is 0 Å². The van der Waals surface area contributed by atoms with Crippen LogP contribution in [0.1, 0.15) is 66.7 Å². The van der Waals surface area contributed by atoms with E-state index >= 15 is 0 Å². The van der Waals surface area contributed by atoms with E-state index in [0.717, 1.165) is 17.9 Å². The van der Waals surface area contributed by atoms with E-state index in [9.17, 15) is 0 Å². The van der Waals surface area contributed by atoms with Crippen LogP contribution in [-0.2, 0) is 0 Å². The Hall–Kier alpha value is -0.0800. The average Bonchev–Trinajstić information content (AvgIpc) is 3.26. The van der Waals surface area contributed by atoms with Gasteiger partial charge in [-0.05, 0) is 44.4 Å². The molecule has 1 saturated carbocycles. The number of hydrogen-bond acceptors (Lipinski definition) is 2. The van der Waals surface area contributed by atoms with Crippen molar-refractivity contribution in [1.29, 1.82) is 0 Å². The third-order valence-corrected chi connectivity index (χ3v) is 5.94. The zero-order chi connectivity index (χ0) is 14.0. The summed E-state index contributed by atoms with van der Waals surface area (Å²) >= 11 is 0. The van der Waals surface area contributed by atoms with E-state index in [1.807, 2.05) is 0 Å². The summed E-state index contributed by atoms with van der Waals surface area (Å²) < 4.78 is 0. The second-order valence-corrected chi connectivity index (χ2v) is 7.13. The van der Waals surface area contributed by atoms with Crippen molar-refractivity contribution in [2.24, 2.45) is 11.8 Å². The van der Waals surface area contributed by atoms with Crippen LogP contribution < -0.4 is 5.32 Å². The van der Waals surface area contributed by atoms with Crippen molar-refractivity contribution in [2.45, 2.75) is 84.3 Å². The van der Waals surface area contributed by atoms with Gasteiger partial charge in [0, 0.05) is 30.7 Å². The van der Waals surface area contributed by atoms with E-state index in [0.29, 0.717) is 11.6 Å². The molecule has 0 aromatic rings. The lowest BCUT2D eigenvalue weighted by atomic mass is 9.84. The zero-order valence-electron chi connectivity index (χ0n) is 13.7. The Balaban J connectivity index is 2.13. The van der Waals surface area contributed by atoms with Crippen LogP contribution in [0.25, 0.3) is 0 Å². The fraction of sp³-hybridized carbons (Fsp3) is 1.00. The fourth-order valence-electron chi connectivity index (χ4n) is 3.97. The quantitative estimate of drug-likeness (QED) is 0.789. The molecule has 112 valence electrons. The molecule has 2 nitrogen and oxygen atoms in total. The van der Waals surface area contributed by atoms with Gasteiger partial charge in [0.1, 0.15) is 0 Å². The summed E-state index contributed by atoms with van der Waals surface area (Å²) in [5.41, 5.74) is 0.417. The molecule has 1 saturated heterocycles. The van der Waals surface area contributed by atoms with Gasteiger partial charge in [-0.1, -0.05) is 34.1 Å². The second-order valence-electron chi connectivity index (χ2n) is 7.13. The molecule has 3 atom stereocenters. The highest BCUT2D eigenvalue weighted by Crippen LogP contribution is 2.45. The first-order chi connectivity index (χ1) is 9.06. The van der Waals surface area contributed by atoms with E-state index in [4.69, 9.17) is 0 Å². The molecule has 0 radical (unpaired) electrons. The van der Waals surface area contributed by atoms with Crippen LogP contribution in [0.15, 0.2) is 0 Å². The molecular formula is C17H34N2. The van der Waals surface area contributed by atoms with Gasteiger partial charge in [-0.15, -0.1) is 0 Å². The third-order valence-electron chi connectivity index (χ3n) is 5.94. The van der Waals surface area contributed by atoms with Crippen molar-refractivity contribution in [1.82, 2.24) is 10.2 Å². The molecule has 3 unspecified atom stereocenters. The third kappa shape index (κ3) is 3.00. The normalized spacial score (nSPS) is 34.7. The standard InChI is InChI=1S/C17H34N2/c1-6-13(4)16-11-19(15(7-2)8-3)17(5,12-18-16)14-9-10-14/h13-16,18H,6-12H2,1-5H3. The molecule has 19 heavy (non-hydrogen) atoms. The molecule has 0 bridgehead atoms. The van der Waals surface area contributed by atoms with Gasteiger partial charge in [-0.25, -0.2) is 0 Å². The van der Waals surface area contributed by atoms with Crippen molar-refractivity contribution in [3.63, 3.8) is 0 Å². The summed E-state index contributed by atoms with van der Waals surface area (Å²) in [4.78, 5) is 2.89. The lowest BCUT2D eigenvalue weighted by molar-refractivity contribution is -0.0137. The zero-order valence-corrected chi connectivity index (χ0v) is 13.7. The van der Waals surface area contributed by atoms with E-state index in [1.54, 1.807) is 0 Å². The Morgan fingerprint density at radius 2 is 1.79 bits per heavy atom. The van der Waals surface area contributed by atoms with Crippen molar-refractivity contribution in [3.8, 4) is 0 Å². The number of rotatable bonds is 6. The van der Waals surface area contributed by atoms with Gasteiger partial charge in [-0.3, -0.25) is 4.90 Å². The maximum Gasteiger partial charge on any atom is 0.0337 e. The summed E-state index contributed by atoms with van der Waals surface area (Å²) in [5, 5.41) is 3.87. The minimum Gasteiger partial charge on any atom is -0.311 e. The summed E-state index contributed by atoms with van der Waals surface area (Å²) in [5.74, 6) is 1.74. The Kier molecular flexibility index (Phi) is 4.94. The topological polar surface area (TPSA) is 15.3 Å². The highest BCUT2D eigenvalue weighted by atomic mass is 15.3. The Morgan fingerprint density at radius 1 is 1.16 bits per heavy atom. The highest BCUT2D eigenvalue weighted by molar-refractivity contribution is 5.06. The summed E-state index contributed by atoms with van der Waals surface area (Å²) in [6.07, 6.45) is 6.78. The summed E-state index contributed by atoms with van der Waals surface area (Å²) in [6.45, 7) is 14.4. The molecule has 2 rings (SSSR count). The molecule has 0 aromatic heterocycles. The van der Waals surface area contributed by atoms with E-state index in [1.165, 1.54) is 45.2 Å². The van der Waals surface area contributed by atoms with Crippen molar-refractivity contribution in [3.05, 3.63) is 0 Å². The van der Waals surface area contributed by atoms with Gasteiger partial charge < -0.3 is 5.32 Å². The van der Waals surface area contributed by atoms with Gasteiger partial charge >= 0.3 is 0 Å². The highest BCUT2D eigenvalue weighted by Gasteiger charge is 2.50. The van der Waals surface area contributed by atoms with Crippen LogP contribution >= 0.6 is 0 Å². The number of nitrogens with one attached hydrogen (secondary N) is 1. The first-order valence-corrected chi connectivity index (χ1v) is 8.56. The smallest absolute Gasteiger partial charge is 0.0337 e. The molecular weight excluding hydrogens is 232 g/mol. The molecule has 0 spiro atoms. The van der Waals surface area contributed by atoms with Crippen molar-refractivity contribution in [2.75, 3.05) is 13.1 Å². The average molecular weight is 266 g/mol. The van der Waals surface area contributed by atoms with Crippen LogP contribution in [0, 0.1) is 11.8 Å². The Morgan fingerprint density at radius 3 is 2.26 bits per heavy atom. The van der Waals surface area contributed by atoms with E-state index < -0.39 is 0 Å². The molecule has 0 amide bonds. The SMILES string of the molecule is CCC(C)C1CN(C(CC)CC)C(C)(C2CC2)CN1. The maximum atomic E-state index is 3.87. The molecule has 1 aliphatic carbocycles. The van der Waals surface area contributed by atoms with Crippen LogP contribution in [-0.4, -0.2) is 35.6 Å². The summed E-state index contributed by atoms with van der Waals surface area (Å²) in [7, 11) is 0. The lowest BCUT2D eigenvalue weighted by Gasteiger charge is -2.53. The molecule has 2 aliphatic rings. The van der Waals surface area contributed by atoms with Gasteiger partial charge in [0.2, 0.25) is 0 Å². The van der Waals surface area contributed by atoms with Gasteiger partial charge in [0.15, 0.2) is 0 Å². The molecule has 1 aliphatic heterocycles. The van der Waals surface area contributed by atoms with E-state index in [-0.39, 0.29) is 0 Å². The molecule has 1 heterocycles. The summed E-state index contributed by atoms with van der Waals surface area (Å²) in [6, 6.07) is 1.47. The minimum absolute atomic E-state index is 0.417. The number of hydrogen-bond donors (Lipinski definition) is 1. The largest absolute Gasteiger partial charge is 0.311 e. The molecule has 2 fully saturated rings. The predicted octanol–water partition coefficient (Wildman–Crippen LogP) is 3.66. The van der Waals surface area contributed by atoms with Crippen LogP contribution in [0.2, 0.25) is 0 Å². The molecule has 0 aromatic carbocycles. The molecule has 1 N–H and O–H groups in total. The van der Waals surface area contributed by atoms with E-state index in [2.05, 4.69) is 44.8 Å². The lowest BCUT2D eigenvalue weighted by Crippen LogP contribution is -2.67. The Bertz CT molecular complexity index is 283. The van der Waals surface area contributed by atoms with Gasteiger partial charge in [0.25, 0.3) is 0 Å². The number of piperazine rings is 1. The van der Waals surface area contributed by atoms with Crippen LogP contribution in [0.5, 0.6) is 0 Å². The predicted molar refractivity (Wildman–Crippen MR) is 83.5 cm³/mol.